The lowest BCUT2D eigenvalue weighted by molar-refractivity contribution is 0.102. The monoisotopic (exact) mass is 490 g/mol. The number of nitrogens with zero attached hydrogens (tertiary/aromatic N) is 4. The molecule has 1 aliphatic heterocycles. The Balaban J connectivity index is 1.60. The Kier molecular flexibility index (Phi) is 6.85. The molecule has 0 N–H and O–H groups in total. The lowest BCUT2D eigenvalue weighted by Crippen LogP contribution is -2.33. The Bertz CT molecular complexity index is 966. The highest BCUT2D eigenvalue weighted by Gasteiger charge is 2.25. The zero-order valence-electron chi connectivity index (χ0n) is 16.3. The van der Waals surface area contributed by atoms with Crippen molar-refractivity contribution in [2.24, 2.45) is 0 Å². The molecule has 8 heteroatoms. The third kappa shape index (κ3) is 4.82. The topological polar surface area (TPSA) is 51.0 Å². The van der Waals surface area contributed by atoms with Crippen molar-refractivity contribution in [1.29, 1.82) is 0 Å². The first-order valence-electron chi connectivity index (χ1n) is 9.79. The van der Waals surface area contributed by atoms with Gasteiger partial charge in [-0.2, -0.15) is 0 Å². The lowest BCUT2D eigenvalue weighted by Gasteiger charge is -2.31. The number of thioether (sulfide) groups is 1. The van der Waals surface area contributed by atoms with Crippen molar-refractivity contribution >= 4 is 44.8 Å². The number of ketones is 1. The minimum absolute atomic E-state index is 0.110. The molecular weight excluding hydrogens is 468 g/mol. The Morgan fingerprint density at radius 2 is 1.90 bits per heavy atom. The molecule has 1 aromatic carbocycles. The molecule has 2 aromatic heterocycles. The fraction of sp³-hybridized carbons (Fsp3) is 0.381. The third-order valence-electron chi connectivity index (χ3n) is 5.17. The van der Waals surface area contributed by atoms with E-state index in [1.807, 2.05) is 30.3 Å². The molecule has 1 unspecified atom stereocenters. The van der Waals surface area contributed by atoms with Crippen molar-refractivity contribution < 1.29 is 4.79 Å². The second kappa shape index (κ2) is 9.55. The molecule has 0 saturated carbocycles. The molecule has 1 atom stereocenters. The van der Waals surface area contributed by atoms with Gasteiger partial charge in [0.25, 0.3) is 0 Å². The van der Waals surface area contributed by atoms with Crippen LogP contribution < -0.4 is 0 Å². The van der Waals surface area contributed by atoms with Gasteiger partial charge in [-0.1, -0.05) is 36.4 Å². The van der Waals surface area contributed by atoms with Crippen molar-refractivity contribution in [3.05, 3.63) is 57.0 Å². The van der Waals surface area contributed by atoms with Gasteiger partial charge in [-0.3, -0.25) is 14.3 Å². The first-order chi connectivity index (χ1) is 14.1. The molecule has 3 heterocycles. The SMILES string of the molecule is CC(c1nnc(SCC(=O)c2ccc(Br)s2)n1-c1ccccc1)N1CCCCC1. The number of piperidine rings is 1. The van der Waals surface area contributed by atoms with Crippen LogP contribution in [0, 0.1) is 0 Å². The molecule has 1 fully saturated rings. The standard InChI is InChI=1S/C21H23BrN4OS2/c1-15(25-12-6-3-7-13-25)20-23-24-21(26(20)16-8-4-2-5-9-16)28-14-17(27)18-10-11-19(22)29-18/h2,4-5,8-11,15H,3,6-7,12-14H2,1H3. The van der Waals surface area contributed by atoms with Crippen molar-refractivity contribution in [2.75, 3.05) is 18.8 Å². The molecule has 1 aliphatic rings. The van der Waals surface area contributed by atoms with E-state index in [1.54, 1.807) is 0 Å². The quantitative estimate of drug-likeness (QED) is 0.318. The number of thiophene rings is 1. The number of para-hydroxylation sites is 1. The predicted octanol–water partition coefficient (Wildman–Crippen LogP) is 5.61. The van der Waals surface area contributed by atoms with Crippen LogP contribution in [0.25, 0.3) is 5.69 Å². The summed E-state index contributed by atoms with van der Waals surface area (Å²) in [5, 5.41) is 9.79. The number of Topliss-reactive ketones (excluding diaryl/α,β-unsaturated/α-hetero) is 1. The molecular formula is C21H23BrN4OS2. The Morgan fingerprint density at radius 1 is 1.14 bits per heavy atom. The van der Waals surface area contributed by atoms with Gasteiger partial charge in [0.1, 0.15) is 0 Å². The summed E-state index contributed by atoms with van der Waals surface area (Å²) in [7, 11) is 0. The summed E-state index contributed by atoms with van der Waals surface area (Å²) in [5.41, 5.74) is 1.03. The second-order valence-corrected chi connectivity index (χ2v) is 10.5. The molecule has 152 valence electrons. The number of benzene rings is 1. The van der Waals surface area contributed by atoms with Gasteiger partial charge >= 0.3 is 0 Å². The summed E-state index contributed by atoms with van der Waals surface area (Å²) in [6.07, 6.45) is 3.77. The number of likely N-dealkylation sites (tertiary alicyclic amines) is 1. The van der Waals surface area contributed by atoms with E-state index in [0.717, 1.165) is 38.4 Å². The summed E-state index contributed by atoms with van der Waals surface area (Å²) in [5.74, 6) is 1.39. The molecule has 0 spiro atoms. The number of halogens is 1. The van der Waals surface area contributed by atoms with E-state index in [4.69, 9.17) is 0 Å². The predicted molar refractivity (Wildman–Crippen MR) is 122 cm³/mol. The summed E-state index contributed by atoms with van der Waals surface area (Å²) < 4.78 is 3.08. The smallest absolute Gasteiger partial charge is 0.196 e. The van der Waals surface area contributed by atoms with Gasteiger partial charge in [-0.15, -0.1) is 21.5 Å². The molecule has 0 bridgehead atoms. The number of rotatable bonds is 7. The maximum absolute atomic E-state index is 12.6. The first kappa shape index (κ1) is 20.8. The minimum Gasteiger partial charge on any atom is -0.294 e. The van der Waals surface area contributed by atoms with Gasteiger partial charge in [0.2, 0.25) is 0 Å². The van der Waals surface area contributed by atoms with E-state index in [-0.39, 0.29) is 11.8 Å². The summed E-state index contributed by atoms with van der Waals surface area (Å²) in [6.45, 7) is 4.39. The molecule has 5 nitrogen and oxygen atoms in total. The highest BCUT2D eigenvalue weighted by molar-refractivity contribution is 9.11. The Morgan fingerprint density at radius 3 is 2.59 bits per heavy atom. The van der Waals surface area contributed by atoms with E-state index < -0.39 is 0 Å². The van der Waals surface area contributed by atoms with E-state index >= 15 is 0 Å². The van der Waals surface area contributed by atoms with Crippen LogP contribution in [0.2, 0.25) is 0 Å². The molecule has 3 aromatic rings. The van der Waals surface area contributed by atoms with Crippen LogP contribution in [0.3, 0.4) is 0 Å². The fourth-order valence-electron chi connectivity index (χ4n) is 3.60. The number of carbonyl (C=O) groups excluding carboxylic acids is 1. The molecule has 0 radical (unpaired) electrons. The van der Waals surface area contributed by atoms with Gasteiger partial charge in [-0.25, -0.2) is 0 Å². The Hall–Kier alpha value is -1.48. The molecule has 1 saturated heterocycles. The summed E-state index contributed by atoms with van der Waals surface area (Å²) >= 11 is 6.34. The third-order valence-corrected chi connectivity index (χ3v) is 7.76. The number of carbonyl (C=O) groups is 1. The highest BCUT2D eigenvalue weighted by atomic mass is 79.9. The normalized spacial score (nSPS) is 16.1. The van der Waals surface area contributed by atoms with E-state index in [0.29, 0.717) is 5.75 Å². The maximum atomic E-state index is 12.6. The van der Waals surface area contributed by atoms with Crippen LogP contribution in [0.15, 0.2) is 51.4 Å². The van der Waals surface area contributed by atoms with E-state index in [9.17, 15) is 4.79 Å². The van der Waals surface area contributed by atoms with Crippen molar-refractivity contribution in [1.82, 2.24) is 19.7 Å². The van der Waals surface area contributed by atoms with Crippen LogP contribution in [0.1, 0.15) is 47.7 Å². The van der Waals surface area contributed by atoms with Crippen LogP contribution in [0.4, 0.5) is 0 Å². The van der Waals surface area contributed by atoms with Crippen molar-refractivity contribution in [2.45, 2.75) is 37.4 Å². The second-order valence-electron chi connectivity index (χ2n) is 7.10. The molecule has 29 heavy (non-hydrogen) atoms. The van der Waals surface area contributed by atoms with Gasteiger partial charge in [0, 0.05) is 5.69 Å². The zero-order chi connectivity index (χ0) is 20.2. The van der Waals surface area contributed by atoms with Crippen LogP contribution >= 0.6 is 39.0 Å². The lowest BCUT2D eigenvalue weighted by atomic mass is 10.1. The fourth-order valence-corrected chi connectivity index (χ4v) is 5.86. The van der Waals surface area contributed by atoms with Gasteiger partial charge in [0.15, 0.2) is 16.8 Å². The van der Waals surface area contributed by atoms with Crippen LogP contribution in [-0.4, -0.2) is 44.3 Å². The Labute approximate surface area is 187 Å². The van der Waals surface area contributed by atoms with Crippen molar-refractivity contribution in [3.63, 3.8) is 0 Å². The number of hydrogen-bond donors (Lipinski definition) is 0. The van der Waals surface area contributed by atoms with Gasteiger partial charge < -0.3 is 0 Å². The number of aromatic nitrogens is 3. The largest absolute Gasteiger partial charge is 0.294 e. The van der Waals surface area contributed by atoms with Crippen molar-refractivity contribution in [3.8, 4) is 5.69 Å². The van der Waals surface area contributed by atoms with E-state index in [1.165, 1.54) is 42.4 Å². The average molecular weight is 491 g/mol. The maximum Gasteiger partial charge on any atom is 0.196 e. The molecule has 0 aliphatic carbocycles. The molecule has 0 amide bonds. The van der Waals surface area contributed by atoms with Crippen LogP contribution in [-0.2, 0) is 0 Å². The number of hydrogen-bond acceptors (Lipinski definition) is 6. The zero-order valence-corrected chi connectivity index (χ0v) is 19.5. The van der Waals surface area contributed by atoms with Crippen LogP contribution in [0.5, 0.6) is 0 Å². The summed E-state index contributed by atoms with van der Waals surface area (Å²) in [4.78, 5) is 15.8. The van der Waals surface area contributed by atoms with Gasteiger partial charge in [0.05, 0.1) is 20.5 Å². The van der Waals surface area contributed by atoms with E-state index in [2.05, 4.69) is 54.7 Å². The molecule has 4 rings (SSSR count). The first-order valence-corrected chi connectivity index (χ1v) is 12.4. The highest BCUT2D eigenvalue weighted by Crippen LogP contribution is 2.30. The van der Waals surface area contributed by atoms with Gasteiger partial charge in [-0.05, 0) is 73.1 Å². The average Bonchev–Trinajstić information content (AvgIpc) is 3.39. The minimum atomic E-state index is 0.110. The summed E-state index contributed by atoms with van der Waals surface area (Å²) in [6, 6.07) is 14.1.